The summed E-state index contributed by atoms with van der Waals surface area (Å²) in [7, 11) is 0. The molecule has 27 heavy (non-hydrogen) atoms. The van der Waals surface area contributed by atoms with E-state index in [2.05, 4.69) is 19.9 Å². The first-order valence-corrected chi connectivity index (χ1v) is 10.2. The Morgan fingerprint density at radius 3 is 3.04 bits per heavy atom. The number of amides is 1. The molecule has 4 aromatic rings. The smallest absolute Gasteiger partial charge is 0.268 e. The van der Waals surface area contributed by atoms with E-state index in [-0.39, 0.29) is 16.9 Å². The van der Waals surface area contributed by atoms with Gasteiger partial charge in [-0.05, 0) is 12.1 Å². The fraction of sp³-hybridized carbons (Fsp3) is 0.176. The quantitative estimate of drug-likeness (QED) is 0.531. The minimum Gasteiger partial charge on any atom is -0.348 e. The lowest BCUT2D eigenvalue weighted by Gasteiger charge is -2.33. The summed E-state index contributed by atoms with van der Waals surface area (Å²) < 4.78 is 14.9. The van der Waals surface area contributed by atoms with Crippen LogP contribution in [-0.2, 0) is 6.42 Å². The molecule has 3 aromatic heterocycles. The van der Waals surface area contributed by atoms with Crippen molar-refractivity contribution in [3.8, 4) is 0 Å². The zero-order valence-electron chi connectivity index (χ0n) is 13.6. The van der Waals surface area contributed by atoms with Crippen molar-refractivity contribution >= 4 is 50.4 Å². The molecule has 5 rings (SSSR count). The second-order valence-corrected chi connectivity index (χ2v) is 8.30. The molecule has 0 saturated carbocycles. The molecule has 10 heteroatoms. The molecule has 1 atom stereocenters. The van der Waals surface area contributed by atoms with Crippen LogP contribution in [0.2, 0.25) is 5.15 Å². The van der Waals surface area contributed by atoms with Gasteiger partial charge in [0.15, 0.2) is 5.15 Å². The number of carbonyl (C=O) groups excluding carboxylic acids is 1. The third-order valence-corrected chi connectivity index (χ3v) is 6.81. The number of hydrogen-bond acceptors (Lipinski definition) is 6. The van der Waals surface area contributed by atoms with Crippen LogP contribution in [0.25, 0.3) is 10.2 Å². The van der Waals surface area contributed by atoms with E-state index in [1.807, 2.05) is 6.07 Å². The second kappa shape index (κ2) is 6.36. The first-order valence-electron chi connectivity index (χ1n) is 8.10. The number of fused-ring (bicyclic) bond motifs is 2. The number of hydrogen-bond donors (Lipinski definition) is 1. The van der Waals surface area contributed by atoms with Gasteiger partial charge in [-0.2, -0.15) is 0 Å². The maximum Gasteiger partial charge on any atom is 0.268 e. The van der Waals surface area contributed by atoms with Gasteiger partial charge in [-0.15, -0.1) is 22.7 Å². The van der Waals surface area contributed by atoms with E-state index in [1.54, 1.807) is 22.8 Å². The average Bonchev–Trinajstić information content (AvgIpc) is 3.39. The minimum absolute atomic E-state index is 0.187. The molecule has 136 valence electrons. The number of nitrogens with zero attached hydrogens (tertiary/aromatic N) is 4. The van der Waals surface area contributed by atoms with Crippen LogP contribution in [0, 0.1) is 5.82 Å². The standard InChI is InChI=1S/C17H11ClFN5OS2/c18-15-14(26-7-22-15)17(25)24-5-4-9-12(21-6-20-9)13(24)16-23-11-8(19)2-1-3-10(11)27-16/h1-3,6-7,13H,4-5H2,(H,20,21)/t13-/m0/s1. The number of aromatic nitrogens is 4. The molecule has 6 nitrogen and oxygen atoms in total. The maximum atomic E-state index is 14.2. The normalized spacial score (nSPS) is 16.7. The summed E-state index contributed by atoms with van der Waals surface area (Å²) in [5.74, 6) is -0.600. The number of benzene rings is 1. The van der Waals surface area contributed by atoms with E-state index in [4.69, 9.17) is 11.6 Å². The van der Waals surface area contributed by atoms with Gasteiger partial charge >= 0.3 is 0 Å². The first-order chi connectivity index (χ1) is 13.1. The fourth-order valence-corrected chi connectivity index (χ4v) is 5.35. The molecule has 0 fully saturated rings. The van der Waals surface area contributed by atoms with E-state index in [1.165, 1.54) is 28.7 Å². The summed E-state index contributed by atoms with van der Waals surface area (Å²) in [6, 6.07) is 4.36. The molecule has 1 amide bonds. The zero-order valence-corrected chi connectivity index (χ0v) is 16.0. The molecule has 0 radical (unpaired) electrons. The average molecular weight is 420 g/mol. The molecule has 1 aromatic carbocycles. The number of rotatable bonds is 2. The number of halogens is 2. The van der Waals surface area contributed by atoms with Gasteiger partial charge < -0.3 is 9.88 Å². The molecule has 1 N–H and O–H groups in total. The van der Waals surface area contributed by atoms with Gasteiger partial charge in [-0.1, -0.05) is 17.7 Å². The Kier molecular flexibility index (Phi) is 3.96. The van der Waals surface area contributed by atoms with Crippen LogP contribution in [-0.4, -0.2) is 37.3 Å². The van der Waals surface area contributed by atoms with Crippen LogP contribution in [0.4, 0.5) is 4.39 Å². The molecule has 0 aliphatic carbocycles. The molecular formula is C17H11ClFN5OS2. The van der Waals surface area contributed by atoms with Crippen molar-refractivity contribution < 1.29 is 9.18 Å². The third-order valence-electron chi connectivity index (χ3n) is 4.52. The number of nitrogens with one attached hydrogen (secondary N) is 1. The second-order valence-electron chi connectivity index (χ2n) is 6.03. The topological polar surface area (TPSA) is 74.8 Å². The van der Waals surface area contributed by atoms with Crippen molar-refractivity contribution in [1.82, 2.24) is 24.8 Å². The monoisotopic (exact) mass is 419 g/mol. The van der Waals surface area contributed by atoms with E-state index in [0.29, 0.717) is 28.4 Å². The van der Waals surface area contributed by atoms with Gasteiger partial charge in [0, 0.05) is 18.7 Å². The van der Waals surface area contributed by atoms with Gasteiger partial charge in [0.1, 0.15) is 27.3 Å². The predicted molar refractivity (Wildman–Crippen MR) is 102 cm³/mol. The van der Waals surface area contributed by atoms with Gasteiger partial charge in [-0.25, -0.2) is 19.3 Å². The van der Waals surface area contributed by atoms with Crippen molar-refractivity contribution in [2.24, 2.45) is 0 Å². The highest BCUT2D eigenvalue weighted by Crippen LogP contribution is 2.39. The first kappa shape index (κ1) is 16.8. The molecule has 0 unspecified atom stereocenters. The lowest BCUT2D eigenvalue weighted by molar-refractivity contribution is 0.0695. The van der Waals surface area contributed by atoms with E-state index < -0.39 is 6.04 Å². The van der Waals surface area contributed by atoms with Crippen LogP contribution >= 0.6 is 34.3 Å². The number of carbonyl (C=O) groups is 1. The Bertz CT molecular complexity index is 1170. The summed E-state index contributed by atoms with van der Waals surface area (Å²) in [4.78, 5) is 31.2. The Morgan fingerprint density at radius 1 is 1.37 bits per heavy atom. The van der Waals surface area contributed by atoms with Crippen molar-refractivity contribution in [1.29, 1.82) is 0 Å². The van der Waals surface area contributed by atoms with Crippen molar-refractivity contribution in [3.63, 3.8) is 0 Å². The van der Waals surface area contributed by atoms with Crippen LogP contribution in [0.3, 0.4) is 0 Å². The number of aromatic amines is 1. The fourth-order valence-electron chi connectivity index (χ4n) is 3.30. The Morgan fingerprint density at radius 2 is 2.26 bits per heavy atom. The molecular weight excluding hydrogens is 409 g/mol. The summed E-state index contributed by atoms with van der Waals surface area (Å²) >= 11 is 8.64. The number of H-pyrrole nitrogens is 1. The number of thiazole rings is 2. The highest BCUT2D eigenvalue weighted by Gasteiger charge is 2.37. The molecule has 0 spiro atoms. The lowest BCUT2D eigenvalue weighted by atomic mass is 10.0. The van der Waals surface area contributed by atoms with E-state index in [0.717, 1.165) is 16.1 Å². The van der Waals surface area contributed by atoms with Crippen LogP contribution in [0.5, 0.6) is 0 Å². The molecule has 1 aliphatic rings. The summed E-state index contributed by atoms with van der Waals surface area (Å²) in [6.07, 6.45) is 2.26. The minimum atomic E-state index is -0.498. The van der Waals surface area contributed by atoms with Gasteiger partial charge in [0.2, 0.25) is 0 Å². The van der Waals surface area contributed by atoms with Crippen LogP contribution < -0.4 is 0 Å². The lowest BCUT2D eigenvalue weighted by Crippen LogP contribution is -2.40. The van der Waals surface area contributed by atoms with Gasteiger partial charge in [0.05, 0.1) is 22.2 Å². The van der Waals surface area contributed by atoms with Gasteiger partial charge in [0.25, 0.3) is 5.91 Å². The number of para-hydroxylation sites is 1. The molecule has 0 saturated heterocycles. The largest absolute Gasteiger partial charge is 0.348 e. The van der Waals surface area contributed by atoms with Gasteiger partial charge in [-0.3, -0.25) is 4.79 Å². The Labute approximate surface area is 165 Å². The van der Waals surface area contributed by atoms with Crippen LogP contribution in [0.1, 0.15) is 32.1 Å². The summed E-state index contributed by atoms with van der Waals surface area (Å²) in [5, 5.41) is 0.809. The summed E-state index contributed by atoms with van der Waals surface area (Å²) in [5.41, 5.74) is 3.54. The van der Waals surface area contributed by atoms with E-state index in [9.17, 15) is 9.18 Å². The van der Waals surface area contributed by atoms with Crippen molar-refractivity contribution in [3.05, 3.63) is 62.3 Å². The Hall–Kier alpha value is -2.36. The van der Waals surface area contributed by atoms with Crippen LogP contribution in [0.15, 0.2) is 30.0 Å². The van der Waals surface area contributed by atoms with Crippen molar-refractivity contribution in [2.45, 2.75) is 12.5 Å². The van der Waals surface area contributed by atoms with E-state index >= 15 is 0 Å². The Balaban J connectivity index is 1.66. The maximum absolute atomic E-state index is 14.2. The predicted octanol–water partition coefficient (Wildman–Crippen LogP) is 4.06. The molecule has 0 bridgehead atoms. The molecule has 1 aliphatic heterocycles. The highest BCUT2D eigenvalue weighted by molar-refractivity contribution is 7.18. The number of imidazole rings is 1. The highest BCUT2D eigenvalue weighted by atomic mass is 35.5. The third kappa shape index (κ3) is 2.65. The summed E-state index contributed by atoms with van der Waals surface area (Å²) in [6.45, 7) is 0.478. The molecule has 4 heterocycles. The zero-order chi connectivity index (χ0) is 18.5. The SMILES string of the molecule is O=C(c1scnc1Cl)N1CCc2[nH]cnc2[C@H]1c1nc2c(F)cccc2s1. The van der Waals surface area contributed by atoms with Crippen molar-refractivity contribution in [2.75, 3.05) is 6.54 Å².